The molecule has 2 rings (SSSR count). The molecule has 0 aromatic carbocycles. The second kappa shape index (κ2) is 6.78. The number of hydrogen-bond acceptors (Lipinski definition) is 5. The average Bonchev–Trinajstić information content (AvgIpc) is 2.49. The largest absolute Gasteiger partial charge is 0.502 e. The van der Waals surface area contributed by atoms with Crippen LogP contribution in [0, 0.1) is 12.8 Å². The molecule has 1 saturated carbocycles. The van der Waals surface area contributed by atoms with Gasteiger partial charge < -0.3 is 14.3 Å². The Morgan fingerprint density at radius 3 is 2.71 bits per heavy atom. The zero-order valence-corrected chi connectivity index (χ0v) is 12.6. The van der Waals surface area contributed by atoms with Crippen molar-refractivity contribution in [3.63, 3.8) is 0 Å². The molecule has 0 aliphatic heterocycles. The standard InChI is InChI=1S/C16H22O5/c1-10-8-13(17)15(19)16(21-10)12(9-14(18)20-2)11-6-4-3-5-7-11/h8,11-12,19H,3-7,9H2,1-2H3. The first-order valence-electron chi connectivity index (χ1n) is 7.43. The van der Waals surface area contributed by atoms with E-state index in [2.05, 4.69) is 0 Å². The molecule has 1 aromatic rings. The summed E-state index contributed by atoms with van der Waals surface area (Å²) in [5, 5.41) is 10.1. The molecule has 1 aromatic heterocycles. The number of aryl methyl sites for hydroxylation is 1. The van der Waals surface area contributed by atoms with Gasteiger partial charge in [-0.15, -0.1) is 0 Å². The smallest absolute Gasteiger partial charge is 0.306 e. The van der Waals surface area contributed by atoms with E-state index in [1.807, 2.05) is 0 Å². The van der Waals surface area contributed by atoms with E-state index in [9.17, 15) is 14.7 Å². The van der Waals surface area contributed by atoms with E-state index in [1.54, 1.807) is 6.92 Å². The van der Waals surface area contributed by atoms with Crippen LogP contribution >= 0.6 is 0 Å². The number of hydrogen-bond donors (Lipinski definition) is 1. The molecule has 0 bridgehead atoms. The first-order chi connectivity index (χ1) is 10.0. The number of aromatic hydroxyl groups is 1. The van der Waals surface area contributed by atoms with Crippen molar-refractivity contribution in [1.82, 2.24) is 0 Å². The van der Waals surface area contributed by atoms with Crippen LogP contribution in [-0.4, -0.2) is 18.2 Å². The number of methoxy groups -OCH3 is 1. The van der Waals surface area contributed by atoms with Gasteiger partial charge in [0.2, 0.25) is 11.2 Å². The summed E-state index contributed by atoms with van der Waals surface area (Å²) in [7, 11) is 1.34. The van der Waals surface area contributed by atoms with E-state index in [4.69, 9.17) is 9.15 Å². The molecule has 1 aliphatic rings. The van der Waals surface area contributed by atoms with Crippen molar-refractivity contribution in [3.05, 3.63) is 27.8 Å². The molecular formula is C16H22O5. The number of ether oxygens (including phenoxy) is 1. The number of rotatable bonds is 4. The van der Waals surface area contributed by atoms with E-state index in [-0.39, 0.29) is 35.7 Å². The molecule has 1 atom stereocenters. The highest BCUT2D eigenvalue weighted by Gasteiger charge is 2.32. The van der Waals surface area contributed by atoms with Gasteiger partial charge in [-0.2, -0.15) is 0 Å². The van der Waals surface area contributed by atoms with Crippen LogP contribution in [0.15, 0.2) is 15.3 Å². The summed E-state index contributed by atoms with van der Waals surface area (Å²) < 4.78 is 10.3. The third kappa shape index (κ3) is 3.65. The van der Waals surface area contributed by atoms with Crippen LogP contribution in [0.25, 0.3) is 0 Å². The van der Waals surface area contributed by atoms with Crippen molar-refractivity contribution in [2.45, 2.75) is 51.4 Å². The molecule has 1 N–H and O–H groups in total. The minimum absolute atomic E-state index is 0.126. The molecule has 0 radical (unpaired) electrons. The van der Waals surface area contributed by atoms with Crippen molar-refractivity contribution in [1.29, 1.82) is 0 Å². The van der Waals surface area contributed by atoms with Crippen LogP contribution < -0.4 is 5.43 Å². The van der Waals surface area contributed by atoms with Gasteiger partial charge in [0.25, 0.3) is 0 Å². The zero-order valence-electron chi connectivity index (χ0n) is 12.6. The topological polar surface area (TPSA) is 76.7 Å². The van der Waals surface area contributed by atoms with E-state index >= 15 is 0 Å². The zero-order chi connectivity index (χ0) is 15.4. The van der Waals surface area contributed by atoms with Crippen molar-refractivity contribution in [2.24, 2.45) is 5.92 Å². The van der Waals surface area contributed by atoms with Crippen LogP contribution in [-0.2, 0) is 9.53 Å². The van der Waals surface area contributed by atoms with Gasteiger partial charge in [0.05, 0.1) is 13.5 Å². The summed E-state index contributed by atoms with van der Waals surface area (Å²) in [4.78, 5) is 23.5. The number of esters is 1. The van der Waals surface area contributed by atoms with Crippen molar-refractivity contribution in [3.8, 4) is 5.75 Å². The molecule has 0 saturated heterocycles. The van der Waals surface area contributed by atoms with Crippen molar-refractivity contribution >= 4 is 5.97 Å². The maximum absolute atomic E-state index is 11.8. The minimum atomic E-state index is -0.459. The lowest BCUT2D eigenvalue weighted by molar-refractivity contribution is -0.141. The van der Waals surface area contributed by atoms with Gasteiger partial charge >= 0.3 is 5.97 Å². The van der Waals surface area contributed by atoms with Gasteiger partial charge in [0.15, 0.2) is 5.76 Å². The molecule has 0 spiro atoms. The Morgan fingerprint density at radius 1 is 1.43 bits per heavy atom. The van der Waals surface area contributed by atoms with E-state index < -0.39 is 5.43 Å². The Hall–Kier alpha value is -1.78. The summed E-state index contributed by atoms with van der Waals surface area (Å²) in [5.41, 5.74) is -0.459. The lowest BCUT2D eigenvalue weighted by Crippen LogP contribution is -2.21. The van der Waals surface area contributed by atoms with Gasteiger partial charge in [0.1, 0.15) is 5.76 Å². The SMILES string of the molecule is COC(=O)CC(c1oc(C)cc(=O)c1O)C1CCCCC1. The monoisotopic (exact) mass is 294 g/mol. The van der Waals surface area contributed by atoms with E-state index in [0.29, 0.717) is 5.76 Å². The fourth-order valence-corrected chi connectivity index (χ4v) is 3.15. The highest BCUT2D eigenvalue weighted by molar-refractivity contribution is 5.70. The molecule has 5 heteroatoms. The van der Waals surface area contributed by atoms with Crippen LogP contribution in [0.1, 0.15) is 56.0 Å². The first kappa shape index (κ1) is 15.6. The van der Waals surface area contributed by atoms with Crippen LogP contribution in [0.4, 0.5) is 0 Å². The van der Waals surface area contributed by atoms with Crippen LogP contribution in [0.5, 0.6) is 5.75 Å². The van der Waals surface area contributed by atoms with Crippen molar-refractivity contribution < 1.29 is 19.1 Å². The summed E-state index contributed by atoms with van der Waals surface area (Å²) in [6.45, 7) is 1.67. The highest BCUT2D eigenvalue weighted by atomic mass is 16.5. The first-order valence-corrected chi connectivity index (χ1v) is 7.43. The van der Waals surface area contributed by atoms with Crippen LogP contribution in [0.2, 0.25) is 0 Å². The fraction of sp³-hybridized carbons (Fsp3) is 0.625. The summed E-state index contributed by atoms with van der Waals surface area (Å²) in [6, 6.07) is 1.26. The number of carbonyl (C=O) groups is 1. The van der Waals surface area contributed by atoms with Gasteiger partial charge in [-0.25, -0.2) is 0 Å². The van der Waals surface area contributed by atoms with Crippen molar-refractivity contribution in [2.75, 3.05) is 7.11 Å². The van der Waals surface area contributed by atoms with Gasteiger partial charge in [-0.05, 0) is 25.7 Å². The molecule has 1 heterocycles. The normalized spacial score (nSPS) is 17.4. The highest BCUT2D eigenvalue weighted by Crippen LogP contribution is 2.40. The lowest BCUT2D eigenvalue weighted by atomic mass is 9.77. The lowest BCUT2D eigenvalue weighted by Gasteiger charge is -2.29. The predicted molar refractivity (Wildman–Crippen MR) is 77.3 cm³/mol. The molecule has 1 unspecified atom stereocenters. The fourth-order valence-electron chi connectivity index (χ4n) is 3.15. The molecule has 0 amide bonds. The Bertz CT molecular complexity index is 554. The van der Waals surface area contributed by atoms with Gasteiger partial charge in [-0.1, -0.05) is 19.3 Å². The molecule has 116 valence electrons. The Kier molecular flexibility index (Phi) is 5.04. The van der Waals surface area contributed by atoms with Crippen LogP contribution in [0.3, 0.4) is 0 Å². The number of carbonyl (C=O) groups excluding carboxylic acids is 1. The predicted octanol–water partition coefficient (Wildman–Crippen LogP) is 2.88. The van der Waals surface area contributed by atoms with E-state index in [1.165, 1.54) is 19.6 Å². The molecule has 1 aliphatic carbocycles. The third-order valence-corrected chi connectivity index (χ3v) is 4.24. The quantitative estimate of drug-likeness (QED) is 0.864. The Morgan fingerprint density at radius 2 is 2.10 bits per heavy atom. The maximum atomic E-state index is 11.8. The van der Waals surface area contributed by atoms with E-state index in [0.717, 1.165) is 25.7 Å². The second-order valence-corrected chi connectivity index (χ2v) is 5.72. The van der Waals surface area contributed by atoms with Gasteiger partial charge in [0, 0.05) is 12.0 Å². The second-order valence-electron chi connectivity index (χ2n) is 5.72. The average molecular weight is 294 g/mol. The summed E-state index contributed by atoms with van der Waals surface area (Å²) >= 11 is 0. The van der Waals surface area contributed by atoms with Gasteiger partial charge in [-0.3, -0.25) is 9.59 Å². The Balaban J connectivity index is 2.38. The molecule has 1 fully saturated rings. The molecule has 5 nitrogen and oxygen atoms in total. The summed E-state index contributed by atoms with van der Waals surface area (Å²) in [5.74, 6) is -0.121. The molecular weight excluding hydrogens is 272 g/mol. The maximum Gasteiger partial charge on any atom is 0.306 e. The third-order valence-electron chi connectivity index (χ3n) is 4.24. The summed E-state index contributed by atoms with van der Waals surface area (Å²) in [6.07, 6.45) is 5.45. The minimum Gasteiger partial charge on any atom is -0.502 e. The Labute approximate surface area is 123 Å². The molecule has 21 heavy (non-hydrogen) atoms.